The van der Waals surface area contributed by atoms with Gasteiger partial charge in [-0.2, -0.15) is 0 Å². The van der Waals surface area contributed by atoms with Crippen LogP contribution < -0.4 is 10.5 Å². The van der Waals surface area contributed by atoms with Gasteiger partial charge in [0.05, 0.1) is 0 Å². The van der Waals surface area contributed by atoms with Gasteiger partial charge in [-0.05, 0) is 61.7 Å². The van der Waals surface area contributed by atoms with Gasteiger partial charge in [0.15, 0.2) is 0 Å². The van der Waals surface area contributed by atoms with Gasteiger partial charge in [-0.1, -0.05) is 33.6 Å². The zero-order valence-corrected chi connectivity index (χ0v) is 14.0. The molecule has 0 spiro atoms. The zero-order valence-electron chi connectivity index (χ0n) is 11.7. The normalized spacial score (nSPS) is 12.3. The summed E-state index contributed by atoms with van der Waals surface area (Å²) < 4.78 is 6.93. The lowest BCUT2D eigenvalue weighted by Crippen LogP contribution is -2.05. The van der Waals surface area contributed by atoms with Crippen LogP contribution >= 0.6 is 27.5 Å². The second kappa shape index (κ2) is 6.17. The van der Waals surface area contributed by atoms with Crippen molar-refractivity contribution in [2.24, 2.45) is 5.73 Å². The Bertz CT molecular complexity index is 617. The number of halogens is 2. The Morgan fingerprint density at radius 2 is 1.75 bits per heavy atom. The van der Waals surface area contributed by atoms with Gasteiger partial charge < -0.3 is 10.5 Å². The van der Waals surface area contributed by atoms with Crippen molar-refractivity contribution in [1.29, 1.82) is 0 Å². The van der Waals surface area contributed by atoms with E-state index in [1.54, 1.807) is 0 Å². The number of nitrogens with two attached hydrogens (primary N) is 1. The predicted octanol–water partition coefficient (Wildman–Crippen LogP) is 5.53. The molecule has 2 nitrogen and oxygen atoms in total. The molecule has 0 aliphatic carbocycles. The topological polar surface area (TPSA) is 35.2 Å². The summed E-state index contributed by atoms with van der Waals surface area (Å²) in [4.78, 5) is 0. The van der Waals surface area contributed by atoms with Crippen LogP contribution in [0, 0.1) is 13.8 Å². The Morgan fingerprint density at radius 1 is 1.15 bits per heavy atom. The maximum Gasteiger partial charge on any atom is 0.133 e. The fourth-order valence-corrected chi connectivity index (χ4v) is 3.16. The third-order valence-corrected chi connectivity index (χ3v) is 4.01. The molecule has 2 aromatic carbocycles. The van der Waals surface area contributed by atoms with Crippen LogP contribution in [0.25, 0.3) is 0 Å². The summed E-state index contributed by atoms with van der Waals surface area (Å²) in [6.07, 6.45) is 0. The van der Waals surface area contributed by atoms with Crippen LogP contribution in [0.15, 0.2) is 34.8 Å². The van der Waals surface area contributed by atoms with Crippen LogP contribution in [0.4, 0.5) is 0 Å². The summed E-state index contributed by atoms with van der Waals surface area (Å²) in [5, 5.41) is 0.723. The molecule has 0 amide bonds. The molecule has 4 heteroatoms. The Hall–Kier alpha value is -1.03. The van der Waals surface area contributed by atoms with Gasteiger partial charge in [0.1, 0.15) is 11.5 Å². The quantitative estimate of drug-likeness (QED) is 0.786. The average molecular weight is 355 g/mol. The van der Waals surface area contributed by atoms with Crippen molar-refractivity contribution in [3.05, 3.63) is 56.5 Å². The molecule has 0 saturated heterocycles. The molecule has 2 aromatic rings. The summed E-state index contributed by atoms with van der Waals surface area (Å²) >= 11 is 9.56. The van der Waals surface area contributed by atoms with E-state index in [9.17, 15) is 0 Å². The van der Waals surface area contributed by atoms with Crippen LogP contribution in [0.3, 0.4) is 0 Å². The molecule has 2 rings (SSSR count). The van der Waals surface area contributed by atoms with Crippen LogP contribution in [-0.4, -0.2) is 0 Å². The van der Waals surface area contributed by atoms with Gasteiger partial charge in [-0.25, -0.2) is 0 Å². The highest BCUT2D eigenvalue weighted by molar-refractivity contribution is 9.10. The first kappa shape index (κ1) is 15.4. The van der Waals surface area contributed by atoms with Gasteiger partial charge in [-0.15, -0.1) is 0 Å². The third kappa shape index (κ3) is 3.35. The average Bonchev–Trinajstić information content (AvgIpc) is 2.33. The van der Waals surface area contributed by atoms with Gasteiger partial charge in [-0.3, -0.25) is 0 Å². The fraction of sp³-hybridized carbons (Fsp3) is 0.250. The number of hydrogen-bond donors (Lipinski definition) is 1. The molecule has 0 aliphatic rings. The fourth-order valence-electron chi connectivity index (χ4n) is 2.12. The monoisotopic (exact) mass is 353 g/mol. The third-order valence-electron chi connectivity index (χ3n) is 3.11. The summed E-state index contributed by atoms with van der Waals surface area (Å²) in [7, 11) is 0. The molecule has 20 heavy (non-hydrogen) atoms. The maximum absolute atomic E-state index is 6.03. The van der Waals surface area contributed by atoms with E-state index in [2.05, 4.69) is 15.9 Å². The minimum absolute atomic E-state index is 0.0163. The number of aryl methyl sites for hydroxylation is 2. The second-order valence-corrected chi connectivity index (χ2v) is 6.23. The maximum atomic E-state index is 6.03. The molecule has 0 fully saturated rings. The largest absolute Gasteiger partial charge is 0.457 e. The Morgan fingerprint density at radius 3 is 2.25 bits per heavy atom. The van der Waals surface area contributed by atoms with Crippen molar-refractivity contribution in [2.75, 3.05) is 0 Å². The molecule has 0 heterocycles. The molecule has 2 N–H and O–H groups in total. The first-order valence-electron chi connectivity index (χ1n) is 6.38. The van der Waals surface area contributed by atoms with E-state index in [4.69, 9.17) is 22.1 Å². The van der Waals surface area contributed by atoms with Crippen LogP contribution in [-0.2, 0) is 0 Å². The lowest BCUT2D eigenvalue weighted by Gasteiger charge is -2.14. The molecule has 0 saturated carbocycles. The van der Waals surface area contributed by atoms with Crippen molar-refractivity contribution in [3.63, 3.8) is 0 Å². The predicted molar refractivity (Wildman–Crippen MR) is 87.7 cm³/mol. The van der Waals surface area contributed by atoms with Crippen LogP contribution in [0.5, 0.6) is 11.5 Å². The molecular formula is C16H17BrClNO. The first-order valence-corrected chi connectivity index (χ1v) is 7.55. The molecule has 0 aromatic heterocycles. The first-order chi connectivity index (χ1) is 9.38. The lowest BCUT2D eigenvalue weighted by atomic mass is 10.1. The van der Waals surface area contributed by atoms with E-state index >= 15 is 0 Å². The minimum Gasteiger partial charge on any atom is -0.457 e. The molecule has 0 aliphatic heterocycles. The highest BCUT2D eigenvalue weighted by Gasteiger charge is 2.10. The Kier molecular flexibility index (Phi) is 4.74. The number of hydrogen-bond acceptors (Lipinski definition) is 2. The Labute approximate surface area is 133 Å². The number of benzene rings is 2. The van der Waals surface area contributed by atoms with Gasteiger partial charge in [0.2, 0.25) is 0 Å². The molecule has 0 bridgehead atoms. The standard InChI is InChI=1S/C16H17BrClNO/c1-9-6-12(18)7-10(2)16(9)20-13-4-5-14(11(3)19)15(17)8-13/h4-8,11H,19H2,1-3H3. The summed E-state index contributed by atoms with van der Waals surface area (Å²) in [5.74, 6) is 1.62. The molecule has 1 atom stereocenters. The van der Waals surface area contributed by atoms with Crippen molar-refractivity contribution in [1.82, 2.24) is 0 Å². The van der Waals surface area contributed by atoms with E-state index < -0.39 is 0 Å². The van der Waals surface area contributed by atoms with Crippen molar-refractivity contribution in [3.8, 4) is 11.5 Å². The summed E-state index contributed by atoms with van der Waals surface area (Å²) in [6, 6.07) is 9.62. The van der Waals surface area contributed by atoms with E-state index in [1.807, 2.05) is 51.1 Å². The van der Waals surface area contributed by atoms with Crippen molar-refractivity contribution < 1.29 is 4.74 Å². The van der Waals surface area contributed by atoms with E-state index in [-0.39, 0.29) is 6.04 Å². The minimum atomic E-state index is -0.0163. The van der Waals surface area contributed by atoms with Crippen molar-refractivity contribution in [2.45, 2.75) is 26.8 Å². The molecular weight excluding hydrogens is 338 g/mol. The summed E-state index contributed by atoms with van der Waals surface area (Å²) in [6.45, 7) is 5.92. The Balaban J connectivity index is 2.34. The van der Waals surface area contributed by atoms with Crippen LogP contribution in [0.1, 0.15) is 29.7 Å². The van der Waals surface area contributed by atoms with Gasteiger partial charge in [0.25, 0.3) is 0 Å². The van der Waals surface area contributed by atoms with Crippen molar-refractivity contribution >= 4 is 27.5 Å². The lowest BCUT2D eigenvalue weighted by molar-refractivity contribution is 0.474. The highest BCUT2D eigenvalue weighted by atomic mass is 79.9. The second-order valence-electron chi connectivity index (χ2n) is 4.94. The number of ether oxygens (including phenoxy) is 1. The molecule has 0 radical (unpaired) electrons. The SMILES string of the molecule is Cc1cc(Cl)cc(C)c1Oc1ccc(C(C)N)c(Br)c1. The molecule has 1 unspecified atom stereocenters. The van der Waals surface area contributed by atoms with Crippen LogP contribution in [0.2, 0.25) is 5.02 Å². The highest BCUT2D eigenvalue weighted by Crippen LogP contribution is 2.34. The summed E-state index contributed by atoms with van der Waals surface area (Å²) in [5.41, 5.74) is 8.99. The zero-order chi connectivity index (χ0) is 14.9. The van der Waals surface area contributed by atoms with Gasteiger partial charge in [0, 0.05) is 15.5 Å². The number of rotatable bonds is 3. The van der Waals surface area contributed by atoms with E-state index in [1.165, 1.54) is 0 Å². The molecule has 106 valence electrons. The van der Waals surface area contributed by atoms with E-state index in [0.717, 1.165) is 37.7 Å². The van der Waals surface area contributed by atoms with E-state index in [0.29, 0.717) is 0 Å². The van der Waals surface area contributed by atoms with Gasteiger partial charge >= 0.3 is 0 Å². The smallest absolute Gasteiger partial charge is 0.133 e.